The number of alkyl halides is 4. The van der Waals surface area contributed by atoms with Crippen LogP contribution >= 0.6 is 46.4 Å². The van der Waals surface area contributed by atoms with Gasteiger partial charge in [0.15, 0.2) is 3.79 Å². The summed E-state index contributed by atoms with van der Waals surface area (Å²) in [5.74, 6) is 0. The number of rotatable bonds is 2. The average Bonchev–Trinajstić information content (AvgIpc) is 2.08. The van der Waals surface area contributed by atoms with Crippen molar-refractivity contribution in [3.05, 3.63) is 0 Å². The first kappa shape index (κ1) is 18.9. The van der Waals surface area contributed by atoms with Crippen LogP contribution in [0.4, 0.5) is 0 Å². The smallest absolute Gasteiger partial charge is 0.322 e. The molecule has 114 valence electrons. The zero-order valence-electron chi connectivity index (χ0n) is 11.2. The summed E-state index contributed by atoms with van der Waals surface area (Å²) in [5, 5.41) is -0.429. The maximum absolute atomic E-state index is 6.27. The van der Waals surface area contributed by atoms with Gasteiger partial charge in [0.25, 0.3) is 10.0 Å². The fourth-order valence-corrected chi connectivity index (χ4v) is 18.0. The van der Waals surface area contributed by atoms with Gasteiger partial charge in [-0.1, -0.05) is 34.8 Å². The third-order valence-corrected chi connectivity index (χ3v) is 16.6. The highest BCUT2D eigenvalue weighted by Crippen LogP contribution is 2.34. The van der Waals surface area contributed by atoms with E-state index in [1.165, 1.54) is 0 Å². The van der Waals surface area contributed by atoms with Crippen LogP contribution in [0.3, 0.4) is 0 Å². The molecule has 0 radical (unpaired) electrons. The van der Waals surface area contributed by atoms with Crippen molar-refractivity contribution in [2.75, 3.05) is 0 Å². The van der Waals surface area contributed by atoms with Crippen LogP contribution in [0.15, 0.2) is 0 Å². The normalized spacial score (nSPS) is 30.6. The minimum Gasteiger partial charge on any atom is -0.422 e. The second-order valence-corrected chi connectivity index (χ2v) is 20.3. The second kappa shape index (κ2) is 6.96. The van der Waals surface area contributed by atoms with E-state index in [0.717, 1.165) is 0 Å². The molecule has 1 aliphatic rings. The fraction of sp³-hybridized carbons (Fsp3) is 1.00. The van der Waals surface area contributed by atoms with Gasteiger partial charge in [-0.2, -0.15) is 0 Å². The van der Waals surface area contributed by atoms with Gasteiger partial charge in [-0.25, -0.2) is 0 Å². The lowest BCUT2D eigenvalue weighted by molar-refractivity contribution is 0.270. The van der Waals surface area contributed by atoms with Crippen LogP contribution in [0.2, 0.25) is 26.2 Å². The van der Waals surface area contributed by atoms with Crippen LogP contribution in [0, 0.1) is 0 Å². The molecule has 0 spiro atoms. The van der Waals surface area contributed by atoms with Crippen LogP contribution in [0.25, 0.3) is 0 Å². The van der Waals surface area contributed by atoms with Gasteiger partial charge in [0.05, 0.1) is 5.00 Å². The molecular formula is C7H18Cl4O4Si4. The zero-order valence-corrected chi connectivity index (χ0v) is 18.8. The van der Waals surface area contributed by atoms with Crippen molar-refractivity contribution in [1.82, 2.24) is 0 Å². The third kappa shape index (κ3) is 7.61. The first-order valence-corrected chi connectivity index (χ1v) is 15.7. The molecule has 4 nitrogen and oxygen atoms in total. The highest BCUT2D eigenvalue weighted by molar-refractivity contribution is 6.85. The van der Waals surface area contributed by atoms with Crippen molar-refractivity contribution in [3.63, 3.8) is 0 Å². The molecule has 2 atom stereocenters. The fourth-order valence-electron chi connectivity index (χ4n) is 1.70. The van der Waals surface area contributed by atoms with Gasteiger partial charge >= 0.3 is 26.4 Å². The molecule has 1 fully saturated rings. The number of halogens is 4. The van der Waals surface area contributed by atoms with E-state index in [1.54, 1.807) is 0 Å². The van der Waals surface area contributed by atoms with Crippen molar-refractivity contribution >= 4 is 82.8 Å². The Morgan fingerprint density at radius 3 is 2.26 bits per heavy atom. The Labute approximate surface area is 140 Å². The molecule has 0 aromatic heterocycles. The van der Waals surface area contributed by atoms with Crippen molar-refractivity contribution < 1.29 is 16.5 Å². The highest BCUT2D eigenvalue weighted by Gasteiger charge is 2.43. The van der Waals surface area contributed by atoms with Gasteiger partial charge in [0, 0.05) is 6.42 Å². The molecule has 0 bridgehead atoms. The number of hydrogen-bond acceptors (Lipinski definition) is 4. The molecule has 0 aliphatic carbocycles. The van der Waals surface area contributed by atoms with Crippen molar-refractivity contribution in [2.45, 2.75) is 41.4 Å². The van der Waals surface area contributed by atoms with Gasteiger partial charge in [-0.3, -0.25) is 0 Å². The monoisotopic (exact) mass is 418 g/mol. The standard InChI is InChI=1S/C7H18Cl4O4Si4/c1-18(2)13-16-12-17(14-19(3,4)15-18)6(8)5-7(9,10)11/h6,17H,5,16H2,1-4H3. The summed E-state index contributed by atoms with van der Waals surface area (Å²) in [6.07, 6.45) is 0.190. The Hall–Kier alpha value is 1.87. The summed E-state index contributed by atoms with van der Waals surface area (Å²) in [4.78, 5) is 0. The predicted octanol–water partition coefficient (Wildman–Crippen LogP) is 2.60. The molecule has 0 amide bonds. The SMILES string of the molecule is C[Si]1(C)O[SiH2]O[SiH](C(Cl)CC(Cl)(Cl)Cl)O[Si](C)(C)O1. The van der Waals surface area contributed by atoms with E-state index in [1.807, 2.05) is 26.2 Å². The van der Waals surface area contributed by atoms with E-state index in [9.17, 15) is 0 Å². The van der Waals surface area contributed by atoms with Crippen molar-refractivity contribution in [1.29, 1.82) is 0 Å². The summed E-state index contributed by atoms with van der Waals surface area (Å²) in [6, 6.07) is 0. The molecule has 1 aliphatic heterocycles. The van der Waals surface area contributed by atoms with Crippen LogP contribution in [0.1, 0.15) is 6.42 Å². The molecule has 0 N–H and O–H groups in total. The maximum atomic E-state index is 6.27. The van der Waals surface area contributed by atoms with Crippen LogP contribution < -0.4 is 0 Å². The summed E-state index contributed by atoms with van der Waals surface area (Å²) in [5.41, 5.74) is 0. The first-order chi connectivity index (χ1) is 8.40. The molecule has 12 heteroatoms. The minimum absolute atomic E-state index is 0.190. The molecule has 1 rings (SSSR count). The Morgan fingerprint density at radius 2 is 1.74 bits per heavy atom. The molecule has 0 aromatic carbocycles. The van der Waals surface area contributed by atoms with Gasteiger partial charge in [0.1, 0.15) is 0 Å². The number of hydrogen-bond donors (Lipinski definition) is 0. The topological polar surface area (TPSA) is 36.9 Å². The predicted molar refractivity (Wildman–Crippen MR) is 89.5 cm³/mol. The molecule has 0 aromatic rings. The lowest BCUT2D eigenvalue weighted by Crippen LogP contribution is -2.57. The van der Waals surface area contributed by atoms with Gasteiger partial charge < -0.3 is 16.5 Å². The lowest BCUT2D eigenvalue weighted by Gasteiger charge is -2.39. The first-order valence-electron chi connectivity index (χ1n) is 5.75. The van der Waals surface area contributed by atoms with E-state index in [4.69, 9.17) is 62.9 Å². The van der Waals surface area contributed by atoms with Gasteiger partial charge in [0.2, 0.25) is 0 Å². The summed E-state index contributed by atoms with van der Waals surface area (Å²) >= 11 is 23.6. The van der Waals surface area contributed by atoms with Crippen molar-refractivity contribution in [3.8, 4) is 0 Å². The molecule has 1 saturated heterocycles. The molecule has 19 heavy (non-hydrogen) atoms. The lowest BCUT2D eigenvalue weighted by atomic mass is 10.5. The largest absolute Gasteiger partial charge is 0.422 e. The van der Waals surface area contributed by atoms with Crippen molar-refractivity contribution in [2.24, 2.45) is 0 Å². The summed E-state index contributed by atoms with van der Waals surface area (Å²) < 4.78 is 22.2. The Kier molecular flexibility index (Phi) is 6.93. The maximum Gasteiger partial charge on any atom is 0.322 e. The Balaban J connectivity index is 2.71. The van der Waals surface area contributed by atoms with Crippen LogP contribution in [-0.2, 0) is 16.5 Å². The van der Waals surface area contributed by atoms with Crippen LogP contribution in [-0.4, -0.2) is 45.2 Å². The molecule has 2 unspecified atom stereocenters. The average molecular weight is 420 g/mol. The Morgan fingerprint density at radius 1 is 1.16 bits per heavy atom. The molecule has 1 heterocycles. The van der Waals surface area contributed by atoms with Crippen LogP contribution in [0.5, 0.6) is 0 Å². The zero-order chi connectivity index (χ0) is 14.9. The third-order valence-electron chi connectivity index (χ3n) is 2.25. The Bertz CT molecular complexity index is 314. The van der Waals surface area contributed by atoms with E-state index in [2.05, 4.69) is 0 Å². The summed E-state index contributed by atoms with van der Waals surface area (Å²) in [6.45, 7) is 7.90. The molecular weight excluding hydrogens is 402 g/mol. The van der Waals surface area contributed by atoms with E-state index in [-0.39, 0.29) is 6.42 Å². The molecule has 0 saturated carbocycles. The minimum atomic E-state index is -2.33. The summed E-state index contributed by atoms with van der Waals surface area (Å²) in [7, 11) is -7.80. The van der Waals surface area contributed by atoms with E-state index >= 15 is 0 Å². The van der Waals surface area contributed by atoms with Gasteiger partial charge in [-0.15, -0.1) is 11.6 Å². The second-order valence-electron chi connectivity index (χ2n) is 5.15. The van der Waals surface area contributed by atoms with Gasteiger partial charge in [-0.05, 0) is 26.2 Å². The quantitative estimate of drug-likeness (QED) is 0.509. The van der Waals surface area contributed by atoms with E-state index in [0.29, 0.717) is 0 Å². The highest BCUT2D eigenvalue weighted by atomic mass is 35.6. The van der Waals surface area contributed by atoms with E-state index < -0.39 is 45.2 Å².